The van der Waals surface area contributed by atoms with E-state index in [1.54, 1.807) is 17.8 Å². The minimum atomic E-state index is -0.205. The van der Waals surface area contributed by atoms with Crippen LogP contribution in [0.25, 0.3) is 11.0 Å². The summed E-state index contributed by atoms with van der Waals surface area (Å²) in [4.78, 5) is 16.9. The van der Waals surface area contributed by atoms with E-state index < -0.39 is 0 Å². The highest BCUT2D eigenvalue weighted by Gasteiger charge is 2.11. The van der Waals surface area contributed by atoms with Gasteiger partial charge < -0.3 is 10.4 Å². The molecule has 1 atom stereocenters. The molecule has 0 saturated heterocycles. The number of hydrogen-bond acceptors (Lipinski definition) is 5. The summed E-state index contributed by atoms with van der Waals surface area (Å²) in [5, 5.41) is 14.1. The monoisotopic (exact) mass is 345 g/mol. The summed E-state index contributed by atoms with van der Waals surface area (Å²) in [7, 11) is 0. The molecule has 0 saturated carbocycles. The number of aromatic nitrogens is 2. The normalized spacial score (nSPS) is 13.1. The summed E-state index contributed by atoms with van der Waals surface area (Å²) in [6.45, 7) is 0.0548. The third kappa shape index (κ3) is 4.23. The summed E-state index contributed by atoms with van der Waals surface area (Å²) >= 11 is 9.17. The number of thiazole rings is 1. The van der Waals surface area contributed by atoms with Gasteiger partial charge >= 0.3 is 0 Å². The van der Waals surface area contributed by atoms with Crippen molar-refractivity contribution in [3.05, 3.63) is 28.5 Å². The van der Waals surface area contributed by atoms with Crippen molar-refractivity contribution in [3.63, 3.8) is 0 Å². The molecule has 0 spiro atoms. The smallest absolute Gasteiger partial charge is 0.244 e. The summed E-state index contributed by atoms with van der Waals surface area (Å²) in [6.07, 6.45) is 7.46. The fourth-order valence-electron chi connectivity index (χ4n) is 1.88. The van der Waals surface area contributed by atoms with Gasteiger partial charge in [-0.1, -0.05) is 11.6 Å². The quantitative estimate of drug-likeness (QED) is 0.756. The lowest BCUT2D eigenvalue weighted by Crippen LogP contribution is -2.36. The number of halogens is 1. The molecule has 0 aliphatic rings. The van der Waals surface area contributed by atoms with Crippen LogP contribution in [0.4, 0.5) is 0 Å². The number of imidazole rings is 1. The molecular formula is C13H16ClN3O2S2. The number of rotatable bonds is 7. The van der Waals surface area contributed by atoms with E-state index in [0.29, 0.717) is 17.3 Å². The summed E-state index contributed by atoms with van der Waals surface area (Å²) in [6, 6.07) is -0.0378. The Kier molecular flexibility index (Phi) is 6.10. The van der Waals surface area contributed by atoms with Crippen molar-refractivity contribution in [3.8, 4) is 0 Å². The Morgan fingerprint density at radius 2 is 2.52 bits per heavy atom. The van der Waals surface area contributed by atoms with Crippen molar-refractivity contribution in [2.75, 3.05) is 18.6 Å². The van der Waals surface area contributed by atoms with Gasteiger partial charge in [0.2, 0.25) is 5.91 Å². The third-order valence-electron chi connectivity index (χ3n) is 2.84. The maximum absolute atomic E-state index is 11.9. The Hall–Kier alpha value is -1.02. The minimum Gasteiger partial charge on any atom is -0.396 e. The lowest BCUT2D eigenvalue weighted by atomic mass is 10.2. The predicted octanol–water partition coefficient (Wildman–Crippen LogP) is 2.29. The van der Waals surface area contributed by atoms with Crippen LogP contribution < -0.4 is 5.32 Å². The van der Waals surface area contributed by atoms with Crippen LogP contribution in [0.5, 0.6) is 0 Å². The molecule has 5 nitrogen and oxygen atoms in total. The van der Waals surface area contributed by atoms with Gasteiger partial charge in [-0.25, -0.2) is 4.98 Å². The van der Waals surface area contributed by atoms with E-state index in [1.807, 2.05) is 22.2 Å². The number of hydrogen-bond donors (Lipinski definition) is 2. The molecule has 2 heterocycles. The highest BCUT2D eigenvalue weighted by molar-refractivity contribution is 7.98. The van der Waals surface area contributed by atoms with Crippen molar-refractivity contribution < 1.29 is 9.90 Å². The van der Waals surface area contributed by atoms with Crippen LogP contribution in [0.15, 0.2) is 17.7 Å². The molecule has 0 aliphatic heterocycles. The predicted molar refractivity (Wildman–Crippen MR) is 89.1 cm³/mol. The molecule has 0 aliphatic carbocycles. The van der Waals surface area contributed by atoms with Gasteiger partial charge in [0.15, 0.2) is 10.1 Å². The Bertz CT molecular complexity index is 632. The van der Waals surface area contributed by atoms with Gasteiger partial charge in [-0.15, -0.1) is 11.3 Å². The molecule has 8 heteroatoms. The Morgan fingerprint density at radius 3 is 3.24 bits per heavy atom. The average molecular weight is 346 g/mol. The second-order valence-electron chi connectivity index (χ2n) is 4.35. The van der Waals surface area contributed by atoms with Gasteiger partial charge in [0, 0.05) is 36.1 Å². The fourth-order valence-corrected chi connectivity index (χ4v) is 3.54. The van der Waals surface area contributed by atoms with Crippen molar-refractivity contribution in [2.45, 2.75) is 12.5 Å². The second kappa shape index (κ2) is 7.84. The fraction of sp³-hybridized carbons (Fsp3) is 0.385. The lowest BCUT2D eigenvalue weighted by Gasteiger charge is -2.15. The maximum atomic E-state index is 11.9. The number of thioether (sulfide) groups is 1. The van der Waals surface area contributed by atoms with E-state index in [1.165, 1.54) is 17.4 Å². The molecular weight excluding hydrogens is 330 g/mol. The van der Waals surface area contributed by atoms with Gasteiger partial charge in [-0.05, 0) is 18.8 Å². The number of nitrogens with zero attached hydrogens (tertiary/aromatic N) is 2. The number of nitrogens with one attached hydrogen (secondary N) is 1. The molecule has 2 N–H and O–H groups in total. The molecule has 0 bridgehead atoms. The highest BCUT2D eigenvalue weighted by atomic mass is 35.5. The van der Waals surface area contributed by atoms with Gasteiger partial charge in [0.05, 0.1) is 5.69 Å². The number of aliphatic hydroxyl groups is 1. The van der Waals surface area contributed by atoms with E-state index in [9.17, 15) is 4.79 Å². The molecule has 0 aromatic carbocycles. The van der Waals surface area contributed by atoms with E-state index in [4.69, 9.17) is 16.7 Å². The second-order valence-corrected chi connectivity index (χ2v) is 6.49. The van der Waals surface area contributed by atoms with Gasteiger partial charge in [-0.3, -0.25) is 9.20 Å². The lowest BCUT2D eigenvalue weighted by molar-refractivity contribution is -0.117. The standard InChI is InChI=1S/C13H16ClN3O2S2/c1-20-8-9(4-6-18)15-11(19)3-2-10-12(14)16-13-17(10)5-7-21-13/h2-3,5,7,9,18H,4,6,8H2,1H3,(H,15,19)/b3-2+. The average Bonchev–Trinajstić information content (AvgIpc) is 2.98. The molecule has 2 rings (SSSR count). The molecule has 1 amide bonds. The number of aliphatic hydroxyl groups excluding tert-OH is 1. The van der Waals surface area contributed by atoms with Crippen LogP contribution in [-0.4, -0.2) is 45.1 Å². The zero-order valence-corrected chi connectivity index (χ0v) is 13.8. The van der Waals surface area contributed by atoms with E-state index in [2.05, 4.69) is 10.3 Å². The number of carbonyl (C=O) groups excluding carboxylic acids is 1. The number of amides is 1. The van der Waals surface area contributed by atoms with Gasteiger partial charge in [0.25, 0.3) is 0 Å². The molecule has 1 unspecified atom stereocenters. The maximum Gasteiger partial charge on any atom is 0.244 e. The van der Waals surface area contributed by atoms with E-state index >= 15 is 0 Å². The van der Waals surface area contributed by atoms with Crippen LogP contribution in [-0.2, 0) is 4.79 Å². The van der Waals surface area contributed by atoms with Crippen LogP contribution in [0.1, 0.15) is 12.1 Å². The largest absolute Gasteiger partial charge is 0.396 e. The van der Waals surface area contributed by atoms with Crippen molar-refractivity contribution in [1.29, 1.82) is 0 Å². The van der Waals surface area contributed by atoms with Crippen LogP contribution in [0.3, 0.4) is 0 Å². The van der Waals surface area contributed by atoms with E-state index in [0.717, 1.165) is 10.7 Å². The van der Waals surface area contributed by atoms with Gasteiger partial charge in [0.1, 0.15) is 0 Å². The summed E-state index contributed by atoms with van der Waals surface area (Å²) in [5.74, 6) is 0.561. The topological polar surface area (TPSA) is 66.6 Å². The third-order valence-corrected chi connectivity index (χ3v) is 4.61. The molecule has 2 aromatic heterocycles. The summed E-state index contributed by atoms with van der Waals surface area (Å²) in [5.41, 5.74) is 0.687. The van der Waals surface area contributed by atoms with Crippen molar-refractivity contribution in [1.82, 2.24) is 14.7 Å². The molecule has 114 valence electrons. The first-order chi connectivity index (χ1) is 10.2. The van der Waals surface area contributed by atoms with Crippen LogP contribution in [0, 0.1) is 0 Å². The van der Waals surface area contributed by atoms with E-state index in [-0.39, 0.29) is 18.6 Å². The van der Waals surface area contributed by atoms with Crippen molar-refractivity contribution in [2.24, 2.45) is 0 Å². The highest BCUT2D eigenvalue weighted by Crippen LogP contribution is 2.22. The Labute approximate surface area is 136 Å². The first-order valence-electron chi connectivity index (χ1n) is 6.35. The first kappa shape index (κ1) is 16.4. The molecule has 21 heavy (non-hydrogen) atoms. The Morgan fingerprint density at radius 1 is 1.71 bits per heavy atom. The number of fused-ring (bicyclic) bond motifs is 1. The zero-order valence-electron chi connectivity index (χ0n) is 11.5. The SMILES string of the molecule is CSCC(CCO)NC(=O)/C=C/c1c(Cl)nc2sccn12. The van der Waals surface area contributed by atoms with Crippen LogP contribution >= 0.6 is 34.7 Å². The number of carbonyl (C=O) groups is 1. The first-order valence-corrected chi connectivity index (χ1v) is 9.00. The van der Waals surface area contributed by atoms with Crippen molar-refractivity contribution >= 4 is 51.6 Å². The molecule has 0 fully saturated rings. The minimum absolute atomic E-state index is 0.0378. The molecule has 2 aromatic rings. The van der Waals surface area contributed by atoms with Crippen LogP contribution in [0.2, 0.25) is 5.15 Å². The Balaban J connectivity index is 2.04. The van der Waals surface area contributed by atoms with Gasteiger partial charge in [-0.2, -0.15) is 11.8 Å². The zero-order chi connectivity index (χ0) is 15.2. The molecule has 0 radical (unpaired) electrons. The summed E-state index contributed by atoms with van der Waals surface area (Å²) < 4.78 is 1.84.